The fourth-order valence-corrected chi connectivity index (χ4v) is 1.96. The van der Waals surface area contributed by atoms with Gasteiger partial charge in [-0.1, -0.05) is 0 Å². The fraction of sp³-hybridized carbons (Fsp3) is 0.500. The van der Waals surface area contributed by atoms with Crippen LogP contribution in [0.2, 0.25) is 0 Å². The molecule has 19 heavy (non-hydrogen) atoms. The number of rotatable bonds is 7. The fourth-order valence-electron chi connectivity index (χ4n) is 1.62. The number of hydrogen-bond donors (Lipinski definition) is 1. The molecule has 0 atom stereocenters. The van der Waals surface area contributed by atoms with E-state index in [1.165, 1.54) is 12.8 Å². The SMILES string of the molecule is O=[N+]([O-])c1cc(Br)c(F)cc1OCCCNC1CC1. The maximum atomic E-state index is 13.4. The average molecular weight is 333 g/mol. The predicted molar refractivity (Wildman–Crippen MR) is 71.9 cm³/mol. The molecule has 1 saturated carbocycles. The van der Waals surface area contributed by atoms with E-state index in [2.05, 4.69) is 21.2 Å². The Bertz CT molecular complexity index is 480. The minimum Gasteiger partial charge on any atom is -0.487 e. The topological polar surface area (TPSA) is 64.4 Å². The second kappa shape index (κ2) is 6.29. The van der Waals surface area contributed by atoms with E-state index in [-0.39, 0.29) is 15.9 Å². The first-order valence-electron chi connectivity index (χ1n) is 6.07. The van der Waals surface area contributed by atoms with E-state index in [4.69, 9.17) is 4.74 Å². The molecule has 1 aliphatic rings. The van der Waals surface area contributed by atoms with Crippen molar-refractivity contribution in [2.24, 2.45) is 0 Å². The standard InChI is InChI=1S/C12H14BrFN2O3/c13-9-6-11(16(17)18)12(7-10(9)14)19-5-1-4-15-8-2-3-8/h6-8,15H,1-5H2. The molecule has 2 rings (SSSR count). The van der Waals surface area contributed by atoms with Gasteiger partial charge in [0.05, 0.1) is 16.0 Å². The molecule has 7 heteroatoms. The van der Waals surface area contributed by atoms with Crippen molar-refractivity contribution in [1.29, 1.82) is 0 Å². The molecule has 1 aromatic rings. The van der Waals surface area contributed by atoms with Crippen LogP contribution in [0.25, 0.3) is 0 Å². The molecule has 104 valence electrons. The molecule has 1 fully saturated rings. The number of nitro benzene ring substituents is 1. The number of ether oxygens (including phenoxy) is 1. The van der Waals surface area contributed by atoms with Crippen LogP contribution in [-0.2, 0) is 0 Å². The van der Waals surface area contributed by atoms with Gasteiger partial charge in [0.15, 0.2) is 5.75 Å². The molecule has 0 aliphatic heterocycles. The van der Waals surface area contributed by atoms with Gasteiger partial charge in [-0.05, 0) is 41.7 Å². The van der Waals surface area contributed by atoms with E-state index < -0.39 is 10.7 Å². The molecule has 0 saturated heterocycles. The third-order valence-electron chi connectivity index (χ3n) is 2.79. The Labute approximate surface area is 118 Å². The smallest absolute Gasteiger partial charge is 0.312 e. The van der Waals surface area contributed by atoms with Gasteiger partial charge in [0.2, 0.25) is 0 Å². The van der Waals surface area contributed by atoms with Crippen molar-refractivity contribution in [3.8, 4) is 5.75 Å². The monoisotopic (exact) mass is 332 g/mol. The normalized spacial score (nSPS) is 14.4. The van der Waals surface area contributed by atoms with Crippen molar-refractivity contribution < 1.29 is 14.1 Å². The van der Waals surface area contributed by atoms with Crippen LogP contribution in [0, 0.1) is 15.9 Å². The number of nitrogens with zero attached hydrogens (tertiary/aromatic N) is 1. The highest BCUT2D eigenvalue weighted by molar-refractivity contribution is 9.10. The lowest BCUT2D eigenvalue weighted by molar-refractivity contribution is -0.386. The van der Waals surface area contributed by atoms with E-state index >= 15 is 0 Å². The molecule has 1 aliphatic carbocycles. The summed E-state index contributed by atoms with van der Waals surface area (Å²) in [5, 5.41) is 14.1. The Kier molecular flexibility index (Phi) is 4.71. The zero-order valence-corrected chi connectivity index (χ0v) is 11.8. The van der Waals surface area contributed by atoms with Crippen LogP contribution in [0.1, 0.15) is 19.3 Å². The molecule has 5 nitrogen and oxygen atoms in total. The third kappa shape index (κ3) is 4.14. The molecule has 0 unspecified atom stereocenters. The van der Waals surface area contributed by atoms with Crippen LogP contribution >= 0.6 is 15.9 Å². The van der Waals surface area contributed by atoms with Gasteiger partial charge in [0.25, 0.3) is 0 Å². The van der Waals surface area contributed by atoms with Crippen LogP contribution in [0.15, 0.2) is 16.6 Å². The Balaban J connectivity index is 1.89. The van der Waals surface area contributed by atoms with E-state index in [0.29, 0.717) is 12.6 Å². The first-order valence-corrected chi connectivity index (χ1v) is 6.87. The number of benzene rings is 1. The number of hydrogen-bond acceptors (Lipinski definition) is 4. The number of nitro groups is 1. The maximum absolute atomic E-state index is 13.4. The summed E-state index contributed by atoms with van der Waals surface area (Å²) in [5.74, 6) is -0.603. The summed E-state index contributed by atoms with van der Waals surface area (Å²) in [6, 6.07) is 2.78. The largest absolute Gasteiger partial charge is 0.487 e. The van der Waals surface area contributed by atoms with Crippen molar-refractivity contribution in [2.45, 2.75) is 25.3 Å². The maximum Gasteiger partial charge on any atom is 0.312 e. The quantitative estimate of drug-likeness (QED) is 0.473. The Morgan fingerprint density at radius 1 is 1.53 bits per heavy atom. The van der Waals surface area contributed by atoms with Gasteiger partial charge in [0, 0.05) is 18.2 Å². The average Bonchev–Trinajstić information content (AvgIpc) is 3.16. The summed E-state index contributed by atoms with van der Waals surface area (Å²) in [7, 11) is 0. The lowest BCUT2D eigenvalue weighted by Crippen LogP contribution is -2.19. The molecular weight excluding hydrogens is 319 g/mol. The van der Waals surface area contributed by atoms with Crippen LogP contribution in [0.4, 0.5) is 10.1 Å². The number of nitrogens with one attached hydrogen (secondary N) is 1. The zero-order valence-electron chi connectivity index (χ0n) is 10.2. The summed E-state index contributed by atoms with van der Waals surface area (Å²) in [6.07, 6.45) is 3.15. The van der Waals surface area contributed by atoms with E-state index in [1.54, 1.807) is 0 Å². The Morgan fingerprint density at radius 2 is 2.26 bits per heavy atom. The number of halogens is 2. The molecule has 0 spiro atoms. The molecule has 0 bridgehead atoms. The van der Waals surface area contributed by atoms with Gasteiger partial charge >= 0.3 is 5.69 Å². The van der Waals surface area contributed by atoms with E-state index in [9.17, 15) is 14.5 Å². The highest BCUT2D eigenvalue weighted by atomic mass is 79.9. The lowest BCUT2D eigenvalue weighted by Gasteiger charge is -2.08. The molecule has 1 N–H and O–H groups in total. The van der Waals surface area contributed by atoms with Crippen LogP contribution < -0.4 is 10.1 Å². The van der Waals surface area contributed by atoms with Gasteiger partial charge in [-0.2, -0.15) is 0 Å². The van der Waals surface area contributed by atoms with Gasteiger partial charge in [-0.3, -0.25) is 10.1 Å². The molecular formula is C12H14BrFN2O3. The highest BCUT2D eigenvalue weighted by Gasteiger charge is 2.20. The third-order valence-corrected chi connectivity index (χ3v) is 3.40. The van der Waals surface area contributed by atoms with E-state index in [1.807, 2.05) is 0 Å². The second-order valence-corrected chi connectivity index (χ2v) is 5.28. The highest BCUT2D eigenvalue weighted by Crippen LogP contribution is 2.32. The first kappa shape index (κ1) is 14.2. The summed E-state index contributed by atoms with van der Waals surface area (Å²) in [6.45, 7) is 1.12. The van der Waals surface area contributed by atoms with E-state index in [0.717, 1.165) is 25.1 Å². The lowest BCUT2D eigenvalue weighted by atomic mass is 10.3. The summed E-state index contributed by atoms with van der Waals surface area (Å²) >= 11 is 2.92. The predicted octanol–water partition coefficient (Wildman–Crippen LogP) is 3.02. The molecule has 0 radical (unpaired) electrons. The van der Waals surface area contributed by atoms with Crippen LogP contribution in [0.3, 0.4) is 0 Å². The van der Waals surface area contributed by atoms with Crippen molar-refractivity contribution in [2.75, 3.05) is 13.2 Å². The zero-order chi connectivity index (χ0) is 13.8. The van der Waals surface area contributed by atoms with Crippen molar-refractivity contribution >= 4 is 21.6 Å². The van der Waals surface area contributed by atoms with Crippen LogP contribution in [0.5, 0.6) is 5.75 Å². The van der Waals surface area contributed by atoms with Gasteiger partial charge in [-0.15, -0.1) is 0 Å². The first-order chi connectivity index (χ1) is 9.08. The molecule has 0 heterocycles. The van der Waals surface area contributed by atoms with Crippen molar-refractivity contribution in [1.82, 2.24) is 5.32 Å². The second-order valence-electron chi connectivity index (χ2n) is 4.42. The minimum absolute atomic E-state index is 0.0304. The Hall–Kier alpha value is -1.21. The molecule has 1 aromatic carbocycles. The van der Waals surface area contributed by atoms with Gasteiger partial charge < -0.3 is 10.1 Å². The van der Waals surface area contributed by atoms with Gasteiger partial charge in [-0.25, -0.2) is 4.39 Å². The van der Waals surface area contributed by atoms with Gasteiger partial charge in [0.1, 0.15) is 5.82 Å². The molecule has 0 amide bonds. The summed E-state index contributed by atoms with van der Waals surface area (Å²) in [5.41, 5.74) is -0.233. The minimum atomic E-state index is -0.581. The van der Waals surface area contributed by atoms with Crippen molar-refractivity contribution in [3.63, 3.8) is 0 Å². The van der Waals surface area contributed by atoms with Crippen LogP contribution in [-0.4, -0.2) is 24.1 Å². The Morgan fingerprint density at radius 3 is 2.89 bits per heavy atom. The summed E-state index contributed by atoms with van der Waals surface area (Å²) < 4.78 is 18.7. The van der Waals surface area contributed by atoms with Crippen molar-refractivity contribution in [3.05, 3.63) is 32.5 Å². The molecule has 0 aromatic heterocycles. The summed E-state index contributed by atoms with van der Waals surface area (Å²) in [4.78, 5) is 10.3.